The molecular formula is C13H14ClNO5. The summed E-state index contributed by atoms with van der Waals surface area (Å²) in [6.07, 6.45) is 3.86. The van der Waals surface area contributed by atoms with Gasteiger partial charge in [-0.1, -0.05) is 30.3 Å². The Bertz CT molecular complexity index is 510. The molecule has 6 nitrogen and oxygen atoms in total. The van der Waals surface area contributed by atoms with Crippen LogP contribution in [0.1, 0.15) is 11.1 Å². The van der Waals surface area contributed by atoms with Crippen molar-refractivity contribution in [1.29, 1.82) is 0 Å². The third-order valence-electron chi connectivity index (χ3n) is 2.15. The fourth-order valence-electron chi connectivity index (χ4n) is 1.37. The maximum Gasteiger partial charge on any atom is 0.225 e. The number of halogens is 1. The first-order valence-corrected chi connectivity index (χ1v) is 6.85. The molecule has 0 bridgehead atoms. The van der Waals surface area contributed by atoms with Crippen molar-refractivity contribution in [2.75, 3.05) is 0 Å². The van der Waals surface area contributed by atoms with Crippen LogP contribution in [-0.4, -0.2) is 0 Å². The molecule has 2 aromatic rings. The molecule has 7 heteroatoms. The van der Waals surface area contributed by atoms with Crippen molar-refractivity contribution >= 4 is 0 Å². The van der Waals surface area contributed by atoms with E-state index in [1.807, 2.05) is 49.6 Å². The summed E-state index contributed by atoms with van der Waals surface area (Å²) >= 11 is 0. The van der Waals surface area contributed by atoms with E-state index >= 15 is 0 Å². The van der Waals surface area contributed by atoms with Crippen molar-refractivity contribution < 1.29 is 38.4 Å². The lowest BCUT2D eigenvalue weighted by molar-refractivity contribution is -2.00. The number of rotatable bonds is 3. The molecule has 1 aromatic heterocycles. The van der Waals surface area contributed by atoms with Crippen LogP contribution in [0, 0.1) is 17.2 Å². The highest BCUT2D eigenvalue weighted by atomic mass is 35.7. The molecule has 1 aromatic carbocycles. The first-order chi connectivity index (χ1) is 9.34. The largest absolute Gasteiger partial charge is 0.267 e. The van der Waals surface area contributed by atoms with E-state index < -0.39 is 10.2 Å². The zero-order valence-electron chi connectivity index (χ0n) is 10.8. The van der Waals surface area contributed by atoms with E-state index in [1.165, 1.54) is 11.1 Å². The molecule has 0 atom stereocenters. The molecule has 0 aliphatic carbocycles. The number of benzene rings is 1. The standard InChI is InChI=1S/C13H14NO.ClHO4/c1-12-6-5-9-14(10-12)15-11-13-7-3-2-4-8-13;2-1(3,4)5/h2-10H,11H2,1H3;(H,2,3,4,5)/q+1;/p-1. The minimum absolute atomic E-state index is 0.592. The zero-order chi connectivity index (χ0) is 15.0. The Morgan fingerprint density at radius 3 is 2.15 bits per heavy atom. The van der Waals surface area contributed by atoms with Gasteiger partial charge in [0.15, 0.2) is 6.61 Å². The van der Waals surface area contributed by atoms with Crippen LogP contribution in [-0.2, 0) is 6.61 Å². The number of aryl methyl sites for hydroxylation is 1. The fraction of sp³-hybridized carbons (Fsp3) is 0.154. The van der Waals surface area contributed by atoms with Crippen LogP contribution in [0.4, 0.5) is 0 Å². The van der Waals surface area contributed by atoms with E-state index in [2.05, 4.69) is 12.1 Å². The third-order valence-corrected chi connectivity index (χ3v) is 2.15. The van der Waals surface area contributed by atoms with E-state index in [0.29, 0.717) is 6.61 Å². The Hall–Kier alpha value is -1.70. The first kappa shape index (κ1) is 16.4. The predicted octanol–water partition coefficient (Wildman–Crippen LogP) is -2.84. The van der Waals surface area contributed by atoms with Gasteiger partial charge in [0.1, 0.15) is 0 Å². The molecular weight excluding hydrogens is 286 g/mol. The van der Waals surface area contributed by atoms with Crippen LogP contribution < -0.4 is 28.2 Å². The number of aromatic nitrogens is 1. The smallest absolute Gasteiger partial charge is 0.225 e. The molecule has 1 heterocycles. The molecule has 0 amide bonds. The monoisotopic (exact) mass is 299 g/mol. The third kappa shape index (κ3) is 8.41. The molecule has 0 aliphatic heterocycles. The van der Waals surface area contributed by atoms with Crippen molar-refractivity contribution in [3.05, 3.63) is 66.0 Å². The van der Waals surface area contributed by atoms with Gasteiger partial charge in [-0.05, 0) is 18.6 Å². The summed E-state index contributed by atoms with van der Waals surface area (Å²) in [6.45, 7) is 2.64. The lowest BCUT2D eigenvalue weighted by Crippen LogP contribution is -2.68. The van der Waals surface area contributed by atoms with Crippen LogP contribution in [0.3, 0.4) is 0 Å². The van der Waals surface area contributed by atoms with Gasteiger partial charge in [-0.2, -0.15) is 0 Å². The molecule has 0 saturated heterocycles. The van der Waals surface area contributed by atoms with Crippen molar-refractivity contribution in [3.63, 3.8) is 0 Å². The summed E-state index contributed by atoms with van der Waals surface area (Å²) in [5.74, 6) is 0. The van der Waals surface area contributed by atoms with Gasteiger partial charge >= 0.3 is 0 Å². The fourth-order valence-corrected chi connectivity index (χ4v) is 1.37. The van der Waals surface area contributed by atoms with Gasteiger partial charge < -0.3 is 0 Å². The molecule has 0 radical (unpaired) electrons. The molecule has 2 rings (SSSR count). The molecule has 0 N–H and O–H groups in total. The lowest BCUT2D eigenvalue weighted by Gasteiger charge is -2.17. The summed E-state index contributed by atoms with van der Waals surface area (Å²) in [5, 5.41) is 0. The van der Waals surface area contributed by atoms with Crippen molar-refractivity contribution in [2.45, 2.75) is 13.5 Å². The van der Waals surface area contributed by atoms with Gasteiger partial charge in [-0.3, -0.25) is 4.84 Å². The summed E-state index contributed by atoms with van der Waals surface area (Å²) in [6, 6.07) is 14.2. The second-order valence-corrected chi connectivity index (χ2v) is 4.63. The Morgan fingerprint density at radius 2 is 1.60 bits per heavy atom. The van der Waals surface area contributed by atoms with Gasteiger partial charge in [-0.25, -0.2) is 18.6 Å². The van der Waals surface area contributed by atoms with Gasteiger partial charge in [0.2, 0.25) is 12.4 Å². The van der Waals surface area contributed by atoms with Gasteiger partial charge in [0.05, 0.1) is 0 Å². The Morgan fingerprint density at radius 1 is 1.00 bits per heavy atom. The zero-order valence-corrected chi connectivity index (χ0v) is 11.5. The van der Waals surface area contributed by atoms with Gasteiger partial charge in [0, 0.05) is 16.4 Å². The highest BCUT2D eigenvalue weighted by Crippen LogP contribution is 1.97. The molecule has 20 heavy (non-hydrogen) atoms. The minimum atomic E-state index is -4.94. The molecule has 0 saturated carbocycles. The SMILES string of the molecule is Cc1ccc[n+](OCc2ccccc2)c1.[O-][Cl+3]([O-])([O-])[O-]. The molecule has 0 spiro atoms. The van der Waals surface area contributed by atoms with Crippen LogP contribution in [0.25, 0.3) is 0 Å². The normalized spacial score (nSPS) is 10.4. The van der Waals surface area contributed by atoms with E-state index in [9.17, 15) is 0 Å². The second kappa shape index (κ2) is 7.78. The van der Waals surface area contributed by atoms with E-state index in [-0.39, 0.29) is 0 Å². The summed E-state index contributed by atoms with van der Waals surface area (Å²) in [4.78, 5) is 5.59. The average molecular weight is 300 g/mol. The molecule has 108 valence electrons. The Kier molecular flexibility index (Phi) is 6.37. The predicted molar refractivity (Wildman–Crippen MR) is 58.1 cm³/mol. The second-order valence-electron chi connectivity index (χ2n) is 3.88. The minimum Gasteiger partial charge on any atom is -0.267 e. The van der Waals surface area contributed by atoms with Gasteiger partial charge in [-0.15, -0.1) is 10.2 Å². The highest BCUT2D eigenvalue weighted by Gasteiger charge is 2.01. The molecule has 0 unspecified atom stereocenters. The highest BCUT2D eigenvalue weighted by molar-refractivity contribution is 5.13. The van der Waals surface area contributed by atoms with Crippen LogP contribution >= 0.6 is 0 Å². The Balaban J connectivity index is 0.000000347. The quantitative estimate of drug-likeness (QED) is 0.568. The summed E-state index contributed by atoms with van der Waals surface area (Å²) in [7, 11) is -4.94. The number of pyridine rings is 1. The molecule has 0 aliphatic rings. The van der Waals surface area contributed by atoms with E-state index in [1.54, 1.807) is 4.73 Å². The number of nitrogens with zero attached hydrogens (tertiary/aromatic N) is 1. The first-order valence-electron chi connectivity index (χ1n) is 5.61. The summed E-state index contributed by atoms with van der Waals surface area (Å²) < 4.78 is 35.7. The Labute approximate surface area is 118 Å². The number of hydrogen-bond acceptors (Lipinski definition) is 5. The number of hydrogen-bond donors (Lipinski definition) is 0. The van der Waals surface area contributed by atoms with E-state index in [0.717, 1.165) is 0 Å². The van der Waals surface area contributed by atoms with Crippen LogP contribution in [0.5, 0.6) is 0 Å². The van der Waals surface area contributed by atoms with Crippen molar-refractivity contribution in [2.24, 2.45) is 0 Å². The topological polar surface area (TPSA) is 105 Å². The van der Waals surface area contributed by atoms with E-state index in [4.69, 9.17) is 23.5 Å². The van der Waals surface area contributed by atoms with Crippen molar-refractivity contribution in [3.8, 4) is 0 Å². The lowest BCUT2D eigenvalue weighted by atomic mass is 10.2. The molecule has 0 fully saturated rings. The maximum atomic E-state index is 8.49. The van der Waals surface area contributed by atoms with Crippen LogP contribution in [0.15, 0.2) is 54.9 Å². The maximum absolute atomic E-state index is 8.49. The average Bonchev–Trinajstić information content (AvgIpc) is 2.36. The van der Waals surface area contributed by atoms with Gasteiger partial charge in [0.25, 0.3) is 0 Å². The van der Waals surface area contributed by atoms with Crippen molar-refractivity contribution in [1.82, 2.24) is 0 Å². The summed E-state index contributed by atoms with van der Waals surface area (Å²) in [5.41, 5.74) is 2.36. The van der Waals surface area contributed by atoms with Crippen LogP contribution in [0.2, 0.25) is 0 Å².